The van der Waals surface area contributed by atoms with E-state index in [0.29, 0.717) is 29.8 Å². The Morgan fingerprint density at radius 2 is 1.83 bits per heavy atom. The number of nitrogens with one attached hydrogen (secondary N) is 1. The topological polar surface area (TPSA) is 69.7 Å². The molecular weight excluding hydrogens is 334 g/mol. The molecule has 2 atom stereocenters. The van der Waals surface area contributed by atoms with Crippen LogP contribution >= 0.6 is 11.3 Å². The van der Waals surface area contributed by atoms with Gasteiger partial charge in [0.05, 0.1) is 0 Å². The van der Waals surface area contributed by atoms with Crippen LogP contribution in [0.25, 0.3) is 0 Å². The lowest BCUT2D eigenvalue weighted by molar-refractivity contribution is 0.0783. The molecule has 0 aromatic carbocycles. The van der Waals surface area contributed by atoms with Gasteiger partial charge in [-0.2, -0.15) is 4.31 Å². The zero-order chi connectivity index (χ0) is 16.0. The summed E-state index contributed by atoms with van der Waals surface area (Å²) in [6.07, 6.45) is 1.80. The molecule has 4 rings (SSSR count). The van der Waals surface area contributed by atoms with Crippen molar-refractivity contribution in [2.24, 2.45) is 11.8 Å². The molecule has 126 valence electrons. The number of carbonyl (C=O) groups excluding carboxylic acids is 1. The van der Waals surface area contributed by atoms with E-state index < -0.39 is 10.0 Å². The molecule has 0 bridgehead atoms. The van der Waals surface area contributed by atoms with E-state index in [0.717, 1.165) is 39.0 Å². The van der Waals surface area contributed by atoms with Gasteiger partial charge < -0.3 is 10.2 Å². The molecule has 1 amide bonds. The minimum Gasteiger partial charge on any atom is -0.337 e. The fraction of sp³-hybridized carbons (Fsp3) is 0.667. The Morgan fingerprint density at radius 3 is 2.48 bits per heavy atom. The Bertz CT molecular complexity index is 697. The van der Waals surface area contributed by atoms with Crippen molar-refractivity contribution in [3.8, 4) is 0 Å². The molecule has 3 aliphatic rings. The van der Waals surface area contributed by atoms with Crippen molar-refractivity contribution >= 4 is 27.3 Å². The third-order valence-electron chi connectivity index (χ3n) is 5.18. The van der Waals surface area contributed by atoms with Crippen molar-refractivity contribution in [1.82, 2.24) is 14.5 Å². The Hall–Kier alpha value is -0.960. The fourth-order valence-corrected chi connectivity index (χ4v) is 6.77. The van der Waals surface area contributed by atoms with Crippen LogP contribution in [0.15, 0.2) is 16.3 Å². The van der Waals surface area contributed by atoms with Gasteiger partial charge in [0.15, 0.2) is 0 Å². The lowest BCUT2D eigenvalue weighted by atomic mass is 10.0. The summed E-state index contributed by atoms with van der Waals surface area (Å²) in [5, 5.41) is 5.07. The molecule has 23 heavy (non-hydrogen) atoms. The maximum absolute atomic E-state index is 12.9. The van der Waals surface area contributed by atoms with Gasteiger partial charge in [-0.3, -0.25) is 4.79 Å². The summed E-state index contributed by atoms with van der Waals surface area (Å²) in [5.41, 5.74) is 0. The number of carbonyl (C=O) groups is 1. The molecule has 3 fully saturated rings. The summed E-state index contributed by atoms with van der Waals surface area (Å²) >= 11 is 1.25. The Morgan fingerprint density at radius 1 is 1.17 bits per heavy atom. The molecule has 1 aromatic rings. The number of nitrogens with zero attached hydrogens (tertiary/aromatic N) is 2. The number of amides is 1. The van der Waals surface area contributed by atoms with Crippen LogP contribution < -0.4 is 5.32 Å². The first-order chi connectivity index (χ1) is 11.1. The number of thiophene rings is 1. The van der Waals surface area contributed by atoms with E-state index in [1.807, 2.05) is 4.90 Å². The van der Waals surface area contributed by atoms with Gasteiger partial charge in [0.1, 0.15) is 9.77 Å². The van der Waals surface area contributed by atoms with Crippen molar-refractivity contribution in [1.29, 1.82) is 0 Å². The van der Waals surface area contributed by atoms with E-state index in [1.165, 1.54) is 15.6 Å². The molecule has 1 N–H and O–H groups in total. The van der Waals surface area contributed by atoms with E-state index in [-0.39, 0.29) is 10.8 Å². The van der Waals surface area contributed by atoms with Crippen LogP contribution in [0.2, 0.25) is 0 Å². The molecule has 0 spiro atoms. The van der Waals surface area contributed by atoms with E-state index in [4.69, 9.17) is 0 Å². The number of hydrogen-bond donors (Lipinski definition) is 1. The van der Waals surface area contributed by atoms with Crippen LogP contribution in [0.4, 0.5) is 0 Å². The van der Waals surface area contributed by atoms with Crippen molar-refractivity contribution in [2.45, 2.75) is 17.7 Å². The number of likely N-dealkylation sites (tertiary alicyclic amines) is 1. The van der Waals surface area contributed by atoms with Crippen molar-refractivity contribution in [3.63, 3.8) is 0 Å². The van der Waals surface area contributed by atoms with E-state index in [9.17, 15) is 13.2 Å². The van der Waals surface area contributed by atoms with Gasteiger partial charge in [0, 0.05) is 39.3 Å². The summed E-state index contributed by atoms with van der Waals surface area (Å²) in [6.45, 7) is 4.50. The number of rotatable bonds is 3. The zero-order valence-corrected chi connectivity index (χ0v) is 14.5. The Labute approximate surface area is 140 Å². The van der Waals surface area contributed by atoms with Gasteiger partial charge in [0.2, 0.25) is 10.0 Å². The highest BCUT2D eigenvalue weighted by atomic mass is 32.2. The van der Waals surface area contributed by atoms with Crippen LogP contribution in [-0.4, -0.2) is 62.8 Å². The van der Waals surface area contributed by atoms with Crippen LogP contribution in [0.3, 0.4) is 0 Å². The minimum atomic E-state index is -3.54. The average Bonchev–Trinajstić information content (AvgIpc) is 3.28. The molecule has 8 heteroatoms. The molecule has 0 aliphatic carbocycles. The SMILES string of the molecule is O=C(c1sccc1S(=O)(=O)N1CCCC1)N1C[C@H]2CNC[C@H]2C1. The lowest BCUT2D eigenvalue weighted by Crippen LogP contribution is -2.33. The molecule has 0 radical (unpaired) electrons. The van der Waals surface area contributed by atoms with Gasteiger partial charge in [0.25, 0.3) is 5.91 Å². The van der Waals surface area contributed by atoms with Crippen LogP contribution in [0.1, 0.15) is 22.5 Å². The highest BCUT2D eigenvalue weighted by Crippen LogP contribution is 2.32. The van der Waals surface area contributed by atoms with Crippen LogP contribution in [-0.2, 0) is 10.0 Å². The second-order valence-electron chi connectivity index (χ2n) is 6.61. The third kappa shape index (κ3) is 2.61. The number of sulfonamides is 1. The predicted octanol–water partition coefficient (Wildman–Crippen LogP) is 0.824. The summed E-state index contributed by atoms with van der Waals surface area (Å²) in [4.78, 5) is 15.3. The molecule has 0 unspecified atom stereocenters. The normalized spacial score (nSPS) is 28.4. The molecule has 3 saturated heterocycles. The quantitative estimate of drug-likeness (QED) is 0.872. The smallest absolute Gasteiger partial charge is 0.265 e. The van der Waals surface area contributed by atoms with Gasteiger partial charge in [-0.15, -0.1) is 11.3 Å². The zero-order valence-electron chi connectivity index (χ0n) is 12.9. The van der Waals surface area contributed by atoms with E-state index in [2.05, 4.69) is 5.32 Å². The van der Waals surface area contributed by atoms with E-state index in [1.54, 1.807) is 11.4 Å². The predicted molar refractivity (Wildman–Crippen MR) is 88.1 cm³/mol. The van der Waals surface area contributed by atoms with Gasteiger partial charge in [-0.25, -0.2) is 8.42 Å². The van der Waals surface area contributed by atoms with Crippen LogP contribution in [0, 0.1) is 11.8 Å². The van der Waals surface area contributed by atoms with Gasteiger partial charge in [-0.1, -0.05) is 0 Å². The highest BCUT2D eigenvalue weighted by Gasteiger charge is 2.40. The molecular formula is C15H21N3O3S2. The van der Waals surface area contributed by atoms with Crippen molar-refractivity contribution in [3.05, 3.63) is 16.3 Å². The molecule has 1 aromatic heterocycles. The minimum absolute atomic E-state index is 0.118. The maximum atomic E-state index is 12.9. The Kier molecular flexibility index (Phi) is 3.95. The lowest BCUT2D eigenvalue weighted by Gasteiger charge is -2.19. The summed E-state index contributed by atoms with van der Waals surface area (Å²) in [5.74, 6) is 0.905. The van der Waals surface area contributed by atoms with Crippen molar-refractivity contribution < 1.29 is 13.2 Å². The Balaban J connectivity index is 1.58. The monoisotopic (exact) mass is 355 g/mol. The summed E-state index contributed by atoms with van der Waals surface area (Å²) in [7, 11) is -3.54. The molecule has 4 heterocycles. The van der Waals surface area contributed by atoms with Crippen LogP contribution in [0.5, 0.6) is 0 Å². The second kappa shape index (κ2) is 5.84. The van der Waals surface area contributed by atoms with Gasteiger partial charge in [-0.05, 0) is 36.1 Å². The maximum Gasteiger partial charge on any atom is 0.265 e. The average molecular weight is 355 g/mol. The second-order valence-corrected chi connectivity index (χ2v) is 9.44. The largest absolute Gasteiger partial charge is 0.337 e. The highest BCUT2D eigenvalue weighted by molar-refractivity contribution is 7.89. The molecule has 0 saturated carbocycles. The first-order valence-electron chi connectivity index (χ1n) is 8.15. The first kappa shape index (κ1) is 15.6. The van der Waals surface area contributed by atoms with Gasteiger partial charge >= 0.3 is 0 Å². The molecule has 6 nitrogen and oxygen atoms in total. The fourth-order valence-electron chi connectivity index (χ4n) is 3.89. The summed E-state index contributed by atoms with van der Waals surface area (Å²) < 4.78 is 27.1. The first-order valence-corrected chi connectivity index (χ1v) is 10.5. The number of fused-ring (bicyclic) bond motifs is 1. The van der Waals surface area contributed by atoms with Crippen molar-refractivity contribution in [2.75, 3.05) is 39.3 Å². The molecule has 3 aliphatic heterocycles. The number of hydrogen-bond acceptors (Lipinski definition) is 5. The van der Waals surface area contributed by atoms with E-state index >= 15 is 0 Å². The standard InChI is InChI=1S/C15H21N3O3S2/c19-15(17-9-11-7-16-8-12(11)10-17)14-13(3-6-22-14)23(20,21)18-4-1-2-5-18/h3,6,11-12,16H,1-2,4-5,7-10H2/t11-,12+. The summed E-state index contributed by atoms with van der Waals surface area (Å²) in [6, 6.07) is 1.59. The third-order valence-corrected chi connectivity index (χ3v) is 8.16.